The molecule has 40 heavy (non-hydrogen) atoms. The third-order valence-corrected chi connectivity index (χ3v) is 8.91. The highest BCUT2D eigenvalue weighted by molar-refractivity contribution is 9.10. The Morgan fingerprint density at radius 1 is 0.825 bits per heavy atom. The fraction of sp³-hybridized carbons (Fsp3) is 0.121. The Bertz CT molecular complexity index is 1730. The molecule has 7 rings (SSSR count). The van der Waals surface area contributed by atoms with Gasteiger partial charge in [0, 0.05) is 27.5 Å². The number of ketones is 2. The molecule has 196 valence electrons. The van der Waals surface area contributed by atoms with E-state index < -0.39 is 35.1 Å². The summed E-state index contributed by atoms with van der Waals surface area (Å²) in [5.74, 6) is -2.42. The minimum absolute atomic E-state index is 0.261. The van der Waals surface area contributed by atoms with Crippen LogP contribution < -0.4 is 5.32 Å². The summed E-state index contributed by atoms with van der Waals surface area (Å²) < 4.78 is 14.7. The molecule has 3 aliphatic heterocycles. The second kappa shape index (κ2) is 9.10. The molecule has 4 atom stereocenters. The summed E-state index contributed by atoms with van der Waals surface area (Å²) in [5.41, 5.74) is 2.13. The summed E-state index contributed by atoms with van der Waals surface area (Å²) >= 11 is 3.43. The predicted molar refractivity (Wildman–Crippen MR) is 153 cm³/mol. The molecule has 5 nitrogen and oxygen atoms in total. The van der Waals surface area contributed by atoms with E-state index >= 15 is 0 Å². The Morgan fingerprint density at radius 2 is 1.48 bits per heavy atom. The fourth-order valence-corrected chi connectivity index (χ4v) is 7.01. The van der Waals surface area contributed by atoms with Crippen molar-refractivity contribution in [2.24, 2.45) is 5.92 Å². The first kappa shape index (κ1) is 24.7. The first-order valence-corrected chi connectivity index (χ1v) is 13.8. The number of halogens is 2. The third-order valence-electron chi connectivity index (χ3n) is 8.38. The maximum Gasteiger partial charge on any atom is 0.238 e. The van der Waals surface area contributed by atoms with Crippen molar-refractivity contribution in [3.63, 3.8) is 0 Å². The zero-order chi connectivity index (χ0) is 27.6. The van der Waals surface area contributed by atoms with Crippen LogP contribution >= 0.6 is 15.9 Å². The molecule has 4 unspecified atom stereocenters. The van der Waals surface area contributed by atoms with Crippen LogP contribution in [0.3, 0.4) is 0 Å². The summed E-state index contributed by atoms with van der Waals surface area (Å²) in [6.07, 6.45) is 3.76. The Morgan fingerprint density at radius 3 is 2.25 bits per heavy atom. The maximum absolute atomic E-state index is 14.6. The number of carbonyl (C=O) groups is 3. The average molecular weight is 593 g/mol. The summed E-state index contributed by atoms with van der Waals surface area (Å²) in [4.78, 5) is 45.4. The Hall–Kier alpha value is -4.36. The van der Waals surface area contributed by atoms with Gasteiger partial charge >= 0.3 is 0 Å². The van der Waals surface area contributed by atoms with Crippen molar-refractivity contribution >= 4 is 45.2 Å². The molecule has 3 heterocycles. The molecule has 0 bridgehead atoms. The Kier molecular flexibility index (Phi) is 5.61. The molecule has 4 aromatic carbocycles. The van der Waals surface area contributed by atoms with Crippen molar-refractivity contribution in [2.45, 2.75) is 17.5 Å². The second-order valence-electron chi connectivity index (χ2n) is 10.3. The van der Waals surface area contributed by atoms with Gasteiger partial charge in [0.25, 0.3) is 0 Å². The van der Waals surface area contributed by atoms with Crippen LogP contribution in [0.1, 0.15) is 43.4 Å². The van der Waals surface area contributed by atoms with Gasteiger partial charge in [-0.05, 0) is 65.2 Å². The van der Waals surface area contributed by atoms with Crippen molar-refractivity contribution < 1.29 is 18.8 Å². The largest absolute Gasteiger partial charge is 0.358 e. The van der Waals surface area contributed by atoms with Crippen LogP contribution in [0.25, 0.3) is 6.08 Å². The first-order valence-electron chi connectivity index (χ1n) is 13.0. The van der Waals surface area contributed by atoms with Gasteiger partial charge in [0.15, 0.2) is 11.6 Å². The SMILES string of the molecule is O=C(c1ccc(F)cc1)C1C2c3ccccc3C=CN2C(C(=O)c2ccc(Br)cc2)C12C(=O)Nc1ccccc12. The lowest BCUT2D eigenvalue weighted by Gasteiger charge is -2.35. The summed E-state index contributed by atoms with van der Waals surface area (Å²) in [7, 11) is 0. The molecule has 0 aromatic heterocycles. The van der Waals surface area contributed by atoms with Gasteiger partial charge in [-0.3, -0.25) is 14.4 Å². The Labute approximate surface area is 238 Å². The quantitative estimate of drug-likeness (QED) is 0.272. The molecular weight excluding hydrogens is 571 g/mol. The van der Waals surface area contributed by atoms with Crippen LogP contribution in [0.5, 0.6) is 0 Å². The zero-order valence-corrected chi connectivity index (χ0v) is 22.6. The average Bonchev–Trinajstić information content (AvgIpc) is 3.45. The van der Waals surface area contributed by atoms with Crippen molar-refractivity contribution in [1.82, 2.24) is 4.90 Å². The van der Waals surface area contributed by atoms with Gasteiger partial charge in [-0.25, -0.2) is 4.39 Å². The van der Waals surface area contributed by atoms with Crippen molar-refractivity contribution in [3.8, 4) is 0 Å². The number of hydrogen-bond donors (Lipinski definition) is 1. The third kappa shape index (κ3) is 3.40. The van der Waals surface area contributed by atoms with Crippen LogP contribution in [0.4, 0.5) is 10.1 Å². The van der Waals surface area contributed by atoms with Gasteiger partial charge in [0.1, 0.15) is 17.3 Å². The van der Waals surface area contributed by atoms with Crippen molar-refractivity contribution in [3.05, 3.63) is 141 Å². The van der Waals surface area contributed by atoms with E-state index in [0.717, 1.165) is 15.6 Å². The molecule has 3 aliphatic rings. The minimum atomic E-state index is -1.54. The van der Waals surface area contributed by atoms with Crippen LogP contribution in [0, 0.1) is 11.7 Å². The number of fused-ring (bicyclic) bond motifs is 5. The van der Waals surface area contributed by atoms with E-state index in [2.05, 4.69) is 21.2 Å². The van der Waals surface area contributed by atoms with Gasteiger partial charge in [-0.1, -0.05) is 70.5 Å². The molecule has 7 heteroatoms. The second-order valence-corrected chi connectivity index (χ2v) is 11.2. The van der Waals surface area contributed by atoms with Crippen LogP contribution in [0.15, 0.2) is 108 Å². The monoisotopic (exact) mass is 592 g/mol. The van der Waals surface area contributed by atoms with E-state index in [9.17, 15) is 18.8 Å². The lowest BCUT2D eigenvalue weighted by molar-refractivity contribution is -0.122. The molecule has 0 saturated carbocycles. The van der Waals surface area contributed by atoms with Crippen molar-refractivity contribution in [2.75, 3.05) is 5.32 Å². The number of benzene rings is 4. The summed E-state index contributed by atoms with van der Waals surface area (Å²) in [6, 6.07) is 25.8. The van der Waals surface area contributed by atoms with Crippen LogP contribution in [-0.4, -0.2) is 28.4 Å². The lowest BCUT2D eigenvalue weighted by Crippen LogP contribution is -2.54. The molecule has 0 radical (unpaired) electrons. The normalized spacial score (nSPS) is 23.9. The number of rotatable bonds is 4. The number of carbonyl (C=O) groups excluding carboxylic acids is 3. The van der Waals surface area contributed by atoms with Crippen LogP contribution in [-0.2, 0) is 10.2 Å². The van der Waals surface area contributed by atoms with Gasteiger partial charge in [0.2, 0.25) is 5.91 Å². The van der Waals surface area contributed by atoms with Gasteiger partial charge in [-0.15, -0.1) is 0 Å². The van der Waals surface area contributed by atoms with E-state index in [1.807, 2.05) is 59.6 Å². The fourth-order valence-electron chi connectivity index (χ4n) is 6.74. The number of nitrogens with zero attached hydrogens (tertiary/aromatic N) is 1. The lowest BCUT2D eigenvalue weighted by atomic mass is 9.63. The van der Waals surface area contributed by atoms with Gasteiger partial charge in [0.05, 0.1) is 12.0 Å². The number of Topliss-reactive ketones (excluding diaryl/α,β-unsaturated/α-hetero) is 2. The van der Waals surface area contributed by atoms with E-state index in [-0.39, 0.29) is 17.1 Å². The van der Waals surface area contributed by atoms with Crippen molar-refractivity contribution in [1.29, 1.82) is 0 Å². The van der Waals surface area contributed by atoms with Gasteiger partial charge < -0.3 is 10.2 Å². The molecule has 1 fully saturated rings. The minimum Gasteiger partial charge on any atom is -0.358 e. The topological polar surface area (TPSA) is 66.5 Å². The highest BCUT2D eigenvalue weighted by atomic mass is 79.9. The van der Waals surface area contributed by atoms with Gasteiger partial charge in [-0.2, -0.15) is 0 Å². The van der Waals surface area contributed by atoms with E-state index in [4.69, 9.17) is 0 Å². The highest BCUT2D eigenvalue weighted by Crippen LogP contribution is 2.61. The van der Waals surface area contributed by atoms with E-state index in [1.54, 1.807) is 30.3 Å². The smallest absolute Gasteiger partial charge is 0.238 e. The molecule has 1 N–H and O–H groups in total. The molecule has 4 aromatic rings. The molecular formula is C33H22BrFN2O3. The summed E-state index contributed by atoms with van der Waals surface area (Å²) in [6.45, 7) is 0. The van der Waals surface area contributed by atoms with Crippen LogP contribution in [0.2, 0.25) is 0 Å². The molecule has 1 saturated heterocycles. The number of nitrogens with one attached hydrogen (secondary N) is 1. The first-order chi connectivity index (χ1) is 19.4. The molecule has 0 aliphatic carbocycles. The zero-order valence-electron chi connectivity index (χ0n) is 21.1. The number of amides is 1. The molecule has 1 spiro atoms. The standard InChI is InChI=1S/C33H22BrFN2O3/c34-22-13-9-21(10-14-22)30(39)31-33(25-7-3-4-8-26(25)36-32(33)40)27(29(38)20-11-15-23(35)16-12-20)28-24-6-2-1-5-19(24)17-18-37(28)31/h1-18,27-28,31H,(H,36,40). The maximum atomic E-state index is 14.6. The molecule has 1 amide bonds. The van der Waals surface area contributed by atoms with E-state index in [1.165, 1.54) is 24.3 Å². The van der Waals surface area contributed by atoms with E-state index in [0.29, 0.717) is 16.8 Å². The number of hydrogen-bond acceptors (Lipinski definition) is 4. The Balaban J connectivity index is 1.53. The number of para-hydroxylation sites is 1. The number of anilines is 1. The summed E-state index contributed by atoms with van der Waals surface area (Å²) in [5, 5.41) is 2.99. The highest BCUT2D eigenvalue weighted by Gasteiger charge is 2.71. The predicted octanol–water partition coefficient (Wildman–Crippen LogP) is 6.57.